The van der Waals surface area contributed by atoms with Gasteiger partial charge in [-0.1, -0.05) is 42.5 Å². The van der Waals surface area contributed by atoms with E-state index in [1.54, 1.807) is 19.2 Å². The van der Waals surface area contributed by atoms with Crippen LogP contribution in [0.4, 0.5) is 0 Å². The number of carbonyl (C=O) groups is 1. The number of hydrogen-bond acceptors (Lipinski definition) is 12. The third-order valence-electron chi connectivity index (χ3n) is 9.15. The third kappa shape index (κ3) is 5.22. The summed E-state index contributed by atoms with van der Waals surface area (Å²) in [5, 5.41) is 32.7. The summed E-state index contributed by atoms with van der Waals surface area (Å²) >= 11 is 1.44. The monoisotopic (exact) mass is 654 g/mol. The molecule has 0 spiro atoms. The van der Waals surface area contributed by atoms with Gasteiger partial charge in [0.05, 0.1) is 45.2 Å². The van der Waals surface area contributed by atoms with Crippen molar-refractivity contribution in [2.75, 3.05) is 41.7 Å². The number of esters is 1. The molecule has 1 saturated heterocycles. The minimum absolute atomic E-state index is 0.00308. The van der Waals surface area contributed by atoms with E-state index >= 15 is 0 Å². The Kier molecular flexibility index (Phi) is 9.23. The lowest BCUT2D eigenvalue weighted by molar-refractivity contribution is -0.324. The summed E-state index contributed by atoms with van der Waals surface area (Å²) in [6.45, 7) is -0.508. The van der Waals surface area contributed by atoms with E-state index in [0.29, 0.717) is 27.7 Å². The number of fused-ring (bicyclic) bond motifs is 3. The molecule has 2 fully saturated rings. The average molecular weight is 655 g/mol. The highest BCUT2D eigenvalue weighted by Crippen LogP contribution is 2.75. The molecule has 246 valence electrons. The van der Waals surface area contributed by atoms with Gasteiger partial charge in [0.15, 0.2) is 0 Å². The fraction of sp³-hybridized carbons (Fsp3) is 0.441. The highest BCUT2D eigenvalue weighted by atomic mass is 32.2. The number of benzene rings is 3. The number of carbonyl (C=O) groups excluding carboxylic acids is 1. The Morgan fingerprint density at radius 1 is 1.00 bits per heavy atom. The van der Waals surface area contributed by atoms with E-state index in [4.69, 9.17) is 33.2 Å². The summed E-state index contributed by atoms with van der Waals surface area (Å²) in [6.07, 6.45) is -3.94. The van der Waals surface area contributed by atoms with Crippen LogP contribution in [0.1, 0.15) is 29.0 Å². The molecule has 3 N–H and O–H groups in total. The van der Waals surface area contributed by atoms with Gasteiger partial charge >= 0.3 is 5.97 Å². The van der Waals surface area contributed by atoms with Gasteiger partial charge < -0.3 is 48.5 Å². The number of hydrogen-bond donors (Lipinski definition) is 3. The number of aliphatic hydroxyl groups excluding tert-OH is 2. The van der Waals surface area contributed by atoms with Gasteiger partial charge in [0, 0.05) is 29.6 Å². The summed E-state index contributed by atoms with van der Waals surface area (Å²) < 4.78 is 38.9. The summed E-state index contributed by atoms with van der Waals surface area (Å²) in [5.41, 5.74) is 0.629. The second-order valence-corrected chi connectivity index (χ2v) is 12.8. The highest BCUT2D eigenvalue weighted by Gasteiger charge is 2.72. The quantitative estimate of drug-likeness (QED) is 0.276. The van der Waals surface area contributed by atoms with Crippen molar-refractivity contribution in [3.05, 3.63) is 83.4 Å². The summed E-state index contributed by atoms with van der Waals surface area (Å²) in [5.74, 6) is -0.237. The predicted octanol–water partition coefficient (Wildman–Crippen LogP) is 3.32. The molecule has 1 aliphatic carbocycles. The fourth-order valence-electron chi connectivity index (χ4n) is 7.09. The second-order valence-electron chi connectivity index (χ2n) is 11.5. The molecule has 0 aromatic heterocycles. The van der Waals surface area contributed by atoms with Crippen LogP contribution in [0.25, 0.3) is 0 Å². The molecule has 3 aliphatic rings. The molecule has 12 heteroatoms. The lowest BCUT2D eigenvalue weighted by atomic mass is 9.73. The van der Waals surface area contributed by atoms with Crippen molar-refractivity contribution in [1.29, 1.82) is 0 Å². The van der Waals surface area contributed by atoms with E-state index in [1.807, 2.05) is 54.6 Å². The molecule has 0 radical (unpaired) electrons. The summed E-state index contributed by atoms with van der Waals surface area (Å²) in [7, 11) is 5.91. The van der Waals surface area contributed by atoms with Gasteiger partial charge in [-0.05, 0) is 35.7 Å². The molecule has 3 aromatic carbocycles. The number of ether oxygens (including phenoxy) is 7. The maximum atomic E-state index is 13.5. The van der Waals surface area contributed by atoms with Crippen molar-refractivity contribution in [2.24, 2.45) is 5.92 Å². The molecule has 1 saturated carbocycles. The fourth-order valence-corrected chi connectivity index (χ4v) is 9.02. The number of methoxy groups -OCH3 is 4. The first-order valence-electron chi connectivity index (χ1n) is 14.9. The van der Waals surface area contributed by atoms with Crippen LogP contribution < -0.4 is 14.2 Å². The molecule has 6 unspecified atom stereocenters. The van der Waals surface area contributed by atoms with E-state index in [2.05, 4.69) is 0 Å². The van der Waals surface area contributed by atoms with Gasteiger partial charge in [-0.2, -0.15) is 0 Å². The second kappa shape index (κ2) is 13.0. The van der Waals surface area contributed by atoms with E-state index in [1.165, 1.54) is 33.1 Å². The summed E-state index contributed by atoms with van der Waals surface area (Å²) in [6, 6.07) is 20.7. The van der Waals surface area contributed by atoms with Gasteiger partial charge in [0.2, 0.25) is 6.29 Å². The topological polar surface area (TPSA) is 142 Å². The SMILES string of the molecule is COC(=O)[C@H]1CC2(O)c3c(OC)cc(OC4OC([C@H](O)CO)COC4OC)cc3SC2(c2ccc(OC)cc2)C1c1ccccc1. The van der Waals surface area contributed by atoms with E-state index in [9.17, 15) is 20.1 Å². The lowest BCUT2D eigenvalue weighted by Crippen LogP contribution is -2.52. The van der Waals surface area contributed by atoms with Gasteiger partial charge in [-0.15, -0.1) is 11.8 Å². The van der Waals surface area contributed by atoms with Crippen LogP contribution in [0.3, 0.4) is 0 Å². The molecule has 3 aromatic rings. The number of thioether (sulfide) groups is 1. The van der Waals surface area contributed by atoms with Gasteiger partial charge in [-0.25, -0.2) is 0 Å². The van der Waals surface area contributed by atoms with Gasteiger partial charge in [-0.3, -0.25) is 4.79 Å². The van der Waals surface area contributed by atoms with Crippen LogP contribution in [0.5, 0.6) is 17.2 Å². The highest BCUT2D eigenvalue weighted by molar-refractivity contribution is 8.00. The Morgan fingerprint density at radius 2 is 1.74 bits per heavy atom. The number of rotatable bonds is 10. The van der Waals surface area contributed by atoms with Crippen LogP contribution in [0.15, 0.2) is 71.6 Å². The Bertz CT molecular complexity index is 1540. The third-order valence-corrected chi connectivity index (χ3v) is 10.8. The minimum Gasteiger partial charge on any atom is -0.497 e. The van der Waals surface area contributed by atoms with Crippen LogP contribution >= 0.6 is 11.8 Å². The van der Waals surface area contributed by atoms with Gasteiger partial charge in [0.25, 0.3) is 6.29 Å². The standard InChI is InChI=1S/C34H38O11S/c1-39-21-12-10-20(11-13-21)34-28(19-8-6-5-7-9-19)23(30(37)41-3)16-33(34,38)29-25(40-2)14-22(15-27(29)46-34)44-32-31(42-4)43-18-26(45-32)24(36)17-35/h5-15,23-24,26,28,31-32,35-36,38H,16-18H2,1-4H3/t23-,24+,26?,28?,31?,32?,33?,34?/m0/s1. The Balaban J connectivity index is 1.49. The molecule has 46 heavy (non-hydrogen) atoms. The van der Waals surface area contributed by atoms with Crippen molar-refractivity contribution in [3.8, 4) is 17.2 Å². The largest absolute Gasteiger partial charge is 0.497 e. The van der Waals surface area contributed by atoms with Crippen molar-refractivity contribution in [2.45, 2.75) is 52.4 Å². The van der Waals surface area contributed by atoms with E-state index in [0.717, 1.165) is 11.1 Å². The molecule has 6 rings (SSSR count). The Labute approximate surface area is 271 Å². The zero-order valence-electron chi connectivity index (χ0n) is 26.0. The molecular weight excluding hydrogens is 616 g/mol. The van der Waals surface area contributed by atoms with Crippen LogP contribution in [0, 0.1) is 5.92 Å². The van der Waals surface area contributed by atoms with Crippen LogP contribution in [0.2, 0.25) is 0 Å². The first kappa shape index (κ1) is 32.6. The Morgan fingerprint density at radius 3 is 2.37 bits per heavy atom. The first-order chi connectivity index (χ1) is 22.2. The average Bonchev–Trinajstić information content (AvgIpc) is 3.51. The lowest BCUT2D eigenvalue weighted by Gasteiger charge is -2.41. The first-order valence-corrected chi connectivity index (χ1v) is 15.7. The number of aliphatic hydroxyl groups is 3. The maximum Gasteiger partial charge on any atom is 0.309 e. The smallest absolute Gasteiger partial charge is 0.309 e. The van der Waals surface area contributed by atoms with E-state index < -0.39 is 59.5 Å². The zero-order valence-corrected chi connectivity index (χ0v) is 26.8. The van der Waals surface area contributed by atoms with Gasteiger partial charge in [0.1, 0.15) is 35.1 Å². The minimum atomic E-state index is -1.58. The van der Waals surface area contributed by atoms with Crippen LogP contribution in [-0.2, 0) is 34.1 Å². The zero-order chi connectivity index (χ0) is 32.6. The normalized spacial score (nSPS) is 30.6. The molecule has 2 heterocycles. The Hall–Kier alpha value is -3.36. The predicted molar refractivity (Wildman–Crippen MR) is 166 cm³/mol. The maximum absolute atomic E-state index is 13.5. The van der Waals surface area contributed by atoms with E-state index in [-0.39, 0.29) is 13.0 Å². The van der Waals surface area contributed by atoms with Crippen molar-refractivity contribution >= 4 is 17.7 Å². The van der Waals surface area contributed by atoms with Crippen LogP contribution in [-0.4, -0.2) is 87.7 Å². The molecule has 8 atom stereocenters. The molecule has 2 aliphatic heterocycles. The van der Waals surface area contributed by atoms with Crippen molar-refractivity contribution in [3.63, 3.8) is 0 Å². The summed E-state index contributed by atoms with van der Waals surface area (Å²) in [4.78, 5) is 14.1. The van der Waals surface area contributed by atoms with Crippen molar-refractivity contribution in [1.82, 2.24) is 0 Å². The van der Waals surface area contributed by atoms with Crippen molar-refractivity contribution < 1.29 is 53.3 Å². The molecule has 0 bridgehead atoms. The molecule has 0 amide bonds. The molecular formula is C34H38O11S. The molecule has 11 nitrogen and oxygen atoms in total.